The Labute approximate surface area is 107 Å². The van der Waals surface area contributed by atoms with E-state index in [9.17, 15) is 0 Å². The third kappa shape index (κ3) is 4.10. The zero-order chi connectivity index (χ0) is 12.1. The minimum absolute atomic E-state index is 0.670. The van der Waals surface area contributed by atoms with E-state index in [0.717, 1.165) is 37.8 Å². The van der Waals surface area contributed by atoms with E-state index in [-0.39, 0.29) is 0 Å². The average Bonchev–Trinajstić information content (AvgIpc) is 3.10. The first kappa shape index (κ1) is 12.5. The third-order valence-electron chi connectivity index (χ3n) is 2.86. The molecule has 1 aliphatic rings. The SMILES string of the molecule is Nc1cccc(Cl)c1NCCCOCC1CC1. The lowest BCUT2D eigenvalue weighted by Crippen LogP contribution is -2.08. The first-order valence-electron chi connectivity index (χ1n) is 6.13. The van der Waals surface area contributed by atoms with Gasteiger partial charge in [0.2, 0.25) is 0 Å². The number of ether oxygens (including phenoxy) is 1. The van der Waals surface area contributed by atoms with Crippen molar-refractivity contribution in [2.75, 3.05) is 30.8 Å². The van der Waals surface area contributed by atoms with Crippen molar-refractivity contribution in [3.63, 3.8) is 0 Å². The molecule has 0 aliphatic heterocycles. The van der Waals surface area contributed by atoms with Gasteiger partial charge in [0.1, 0.15) is 0 Å². The standard InChI is InChI=1S/C13H19ClN2O/c14-11-3-1-4-12(15)13(11)16-7-2-8-17-9-10-5-6-10/h1,3-4,10,16H,2,5-9,15H2. The molecule has 94 valence electrons. The minimum atomic E-state index is 0.670. The number of hydrogen-bond donors (Lipinski definition) is 2. The summed E-state index contributed by atoms with van der Waals surface area (Å²) in [4.78, 5) is 0. The Bertz CT molecular complexity index is 346. The molecule has 17 heavy (non-hydrogen) atoms. The number of nitrogens with two attached hydrogens (primary N) is 1. The van der Waals surface area contributed by atoms with Crippen LogP contribution >= 0.6 is 11.6 Å². The smallest absolute Gasteiger partial charge is 0.0763 e. The molecule has 0 spiro atoms. The zero-order valence-electron chi connectivity index (χ0n) is 9.92. The topological polar surface area (TPSA) is 47.3 Å². The Morgan fingerprint density at radius 2 is 2.24 bits per heavy atom. The second kappa shape index (κ2) is 6.12. The molecule has 0 heterocycles. The van der Waals surface area contributed by atoms with Crippen LogP contribution in [0, 0.1) is 5.92 Å². The highest BCUT2D eigenvalue weighted by molar-refractivity contribution is 6.33. The highest BCUT2D eigenvalue weighted by Crippen LogP contribution is 2.29. The van der Waals surface area contributed by atoms with Crippen molar-refractivity contribution in [2.45, 2.75) is 19.3 Å². The maximum absolute atomic E-state index is 6.05. The maximum Gasteiger partial charge on any atom is 0.0763 e. The summed E-state index contributed by atoms with van der Waals surface area (Å²) in [6.07, 6.45) is 3.65. The van der Waals surface area contributed by atoms with E-state index in [0.29, 0.717) is 10.7 Å². The molecule has 0 aromatic heterocycles. The van der Waals surface area contributed by atoms with Crippen LogP contribution in [0.15, 0.2) is 18.2 Å². The number of anilines is 2. The van der Waals surface area contributed by atoms with Gasteiger partial charge in [0, 0.05) is 19.8 Å². The Hall–Kier alpha value is -0.930. The zero-order valence-corrected chi connectivity index (χ0v) is 10.7. The van der Waals surface area contributed by atoms with Gasteiger partial charge >= 0.3 is 0 Å². The second-order valence-corrected chi connectivity index (χ2v) is 4.91. The highest BCUT2D eigenvalue weighted by Gasteiger charge is 2.20. The maximum atomic E-state index is 6.05. The number of halogens is 1. The van der Waals surface area contributed by atoms with Crippen molar-refractivity contribution in [3.05, 3.63) is 23.2 Å². The largest absolute Gasteiger partial charge is 0.397 e. The van der Waals surface area contributed by atoms with Crippen molar-refractivity contribution in [1.82, 2.24) is 0 Å². The van der Waals surface area contributed by atoms with Gasteiger partial charge in [0.05, 0.1) is 16.4 Å². The van der Waals surface area contributed by atoms with E-state index < -0.39 is 0 Å². The molecular weight excluding hydrogens is 236 g/mol. The van der Waals surface area contributed by atoms with Crippen LogP contribution in [0.5, 0.6) is 0 Å². The molecule has 0 amide bonds. The van der Waals surface area contributed by atoms with Crippen LogP contribution in [0.4, 0.5) is 11.4 Å². The van der Waals surface area contributed by atoms with Crippen LogP contribution in [0.1, 0.15) is 19.3 Å². The van der Waals surface area contributed by atoms with Gasteiger partial charge in [0.25, 0.3) is 0 Å². The number of nitrogen functional groups attached to an aromatic ring is 1. The van der Waals surface area contributed by atoms with Crippen LogP contribution in [-0.2, 0) is 4.74 Å². The van der Waals surface area contributed by atoms with E-state index in [1.54, 1.807) is 0 Å². The second-order valence-electron chi connectivity index (χ2n) is 4.50. The van der Waals surface area contributed by atoms with Crippen LogP contribution in [0.2, 0.25) is 5.02 Å². The first-order chi connectivity index (χ1) is 8.27. The molecule has 4 heteroatoms. The summed E-state index contributed by atoms with van der Waals surface area (Å²) in [7, 11) is 0. The van der Waals surface area contributed by atoms with Crippen molar-refractivity contribution in [3.8, 4) is 0 Å². The van der Waals surface area contributed by atoms with Gasteiger partial charge in [-0.05, 0) is 37.3 Å². The van der Waals surface area contributed by atoms with E-state index in [4.69, 9.17) is 22.1 Å². The molecule has 1 saturated carbocycles. The predicted octanol–water partition coefficient (Wildman–Crippen LogP) is 3.15. The number of para-hydroxylation sites is 1. The molecule has 1 aromatic carbocycles. The number of hydrogen-bond acceptors (Lipinski definition) is 3. The van der Waals surface area contributed by atoms with Gasteiger partial charge < -0.3 is 15.8 Å². The van der Waals surface area contributed by atoms with Gasteiger partial charge in [-0.15, -0.1) is 0 Å². The van der Waals surface area contributed by atoms with Crippen molar-refractivity contribution in [1.29, 1.82) is 0 Å². The first-order valence-corrected chi connectivity index (χ1v) is 6.51. The summed E-state index contributed by atoms with van der Waals surface area (Å²) < 4.78 is 5.55. The molecule has 0 atom stereocenters. The lowest BCUT2D eigenvalue weighted by molar-refractivity contribution is 0.124. The van der Waals surface area contributed by atoms with Gasteiger partial charge in [-0.1, -0.05) is 17.7 Å². The molecule has 1 aromatic rings. The Morgan fingerprint density at radius 1 is 1.41 bits per heavy atom. The lowest BCUT2D eigenvalue weighted by atomic mass is 10.2. The van der Waals surface area contributed by atoms with E-state index in [1.165, 1.54) is 12.8 Å². The fourth-order valence-electron chi connectivity index (χ4n) is 1.65. The van der Waals surface area contributed by atoms with Crippen molar-refractivity contribution >= 4 is 23.0 Å². The molecule has 0 radical (unpaired) electrons. The van der Waals surface area contributed by atoms with E-state index in [1.807, 2.05) is 18.2 Å². The van der Waals surface area contributed by atoms with Crippen LogP contribution in [0.3, 0.4) is 0 Å². The molecule has 0 unspecified atom stereocenters. The van der Waals surface area contributed by atoms with E-state index in [2.05, 4.69) is 5.32 Å². The van der Waals surface area contributed by atoms with Crippen LogP contribution in [-0.4, -0.2) is 19.8 Å². The average molecular weight is 255 g/mol. The molecule has 1 aliphatic carbocycles. The number of nitrogens with one attached hydrogen (secondary N) is 1. The summed E-state index contributed by atoms with van der Waals surface area (Å²) in [6, 6.07) is 5.53. The predicted molar refractivity (Wildman–Crippen MR) is 72.5 cm³/mol. The highest BCUT2D eigenvalue weighted by atomic mass is 35.5. The Morgan fingerprint density at radius 3 is 2.94 bits per heavy atom. The lowest BCUT2D eigenvalue weighted by Gasteiger charge is -2.11. The molecular formula is C13H19ClN2O. The summed E-state index contributed by atoms with van der Waals surface area (Å²) >= 11 is 6.05. The van der Waals surface area contributed by atoms with Crippen molar-refractivity contribution < 1.29 is 4.74 Å². The Kier molecular flexibility index (Phi) is 4.51. The fraction of sp³-hybridized carbons (Fsp3) is 0.538. The molecule has 0 saturated heterocycles. The van der Waals surface area contributed by atoms with Crippen molar-refractivity contribution in [2.24, 2.45) is 5.92 Å². The normalized spacial score (nSPS) is 14.9. The molecule has 1 fully saturated rings. The molecule has 3 N–H and O–H groups in total. The number of benzene rings is 1. The fourth-order valence-corrected chi connectivity index (χ4v) is 1.90. The van der Waals surface area contributed by atoms with Gasteiger partial charge in [-0.2, -0.15) is 0 Å². The minimum Gasteiger partial charge on any atom is -0.397 e. The summed E-state index contributed by atoms with van der Waals surface area (Å²) in [6.45, 7) is 2.56. The van der Waals surface area contributed by atoms with Crippen LogP contribution < -0.4 is 11.1 Å². The summed E-state index contributed by atoms with van der Waals surface area (Å²) in [5.74, 6) is 0.835. The van der Waals surface area contributed by atoms with Gasteiger partial charge in [0.15, 0.2) is 0 Å². The van der Waals surface area contributed by atoms with E-state index >= 15 is 0 Å². The third-order valence-corrected chi connectivity index (χ3v) is 3.18. The summed E-state index contributed by atoms with van der Waals surface area (Å²) in [5, 5.41) is 3.92. The molecule has 0 bridgehead atoms. The summed E-state index contributed by atoms with van der Waals surface area (Å²) in [5.41, 5.74) is 7.35. The number of rotatable bonds is 7. The van der Waals surface area contributed by atoms with Gasteiger partial charge in [-0.3, -0.25) is 0 Å². The molecule has 2 rings (SSSR count). The Balaban J connectivity index is 1.63. The van der Waals surface area contributed by atoms with Crippen LogP contribution in [0.25, 0.3) is 0 Å². The quantitative estimate of drug-likeness (QED) is 0.581. The van der Waals surface area contributed by atoms with Gasteiger partial charge in [-0.25, -0.2) is 0 Å². The monoisotopic (exact) mass is 254 g/mol. The molecule has 3 nitrogen and oxygen atoms in total.